The molecule has 3 N–H and O–H groups in total. The van der Waals surface area contributed by atoms with Crippen LogP contribution in [0.2, 0.25) is 0 Å². The number of benzene rings is 2. The Kier molecular flexibility index (Phi) is 3.97. The molecule has 0 aromatic heterocycles. The predicted molar refractivity (Wildman–Crippen MR) is 77.5 cm³/mol. The monoisotopic (exact) mass is 291 g/mol. The van der Waals surface area contributed by atoms with Crippen molar-refractivity contribution < 1.29 is 14.6 Å². The Morgan fingerprint density at radius 1 is 1.20 bits per heavy atom. The third-order valence-corrected chi connectivity index (χ3v) is 3.37. The first-order chi connectivity index (χ1) is 9.16. The molecule has 4 nitrogen and oxygen atoms in total. The van der Waals surface area contributed by atoms with Gasteiger partial charge in [0.25, 0.3) is 0 Å². The third kappa shape index (κ3) is 2.35. The maximum atomic E-state index is 11.0. The summed E-state index contributed by atoms with van der Waals surface area (Å²) in [5.74, 6) is -0.318. The minimum Gasteiger partial charge on any atom is -0.489 e. The number of rotatable bonds is 1. The summed E-state index contributed by atoms with van der Waals surface area (Å²) >= 11 is 0. The van der Waals surface area contributed by atoms with Crippen molar-refractivity contribution in [3.63, 3.8) is 0 Å². The van der Waals surface area contributed by atoms with Crippen LogP contribution in [0, 0.1) is 0 Å². The first-order valence-corrected chi connectivity index (χ1v) is 6.00. The average molecular weight is 292 g/mol. The van der Waals surface area contributed by atoms with Gasteiger partial charge in [-0.25, -0.2) is 4.79 Å². The molecular weight excluding hydrogens is 278 g/mol. The molecule has 0 fully saturated rings. The number of aromatic carboxylic acids is 1. The molecule has 2 aromatic carbocycles. The Labute approximate surface area is 122 Å². The lowest BCUT2D eigenvalue weighted by atomic mass is 9.95. The highest BCUT2D eigenvalue weighted by molar-refractivity contribution is 5.88. The Morgan fingerprint density at radius 3 is 2.70 bits per heavy atom. The molecule has 5 heteroatoms. The van der Waals surface area contributed by atoms with Crippen LogP contribution in [-0.4, -0.2) is 11.1 Å². The van der Waals surface area contributed by atoms with Crippen molar-refractivity contribution in [1.82, 2.24) is 0 Å². The van der Waals surface area contributed by atoms with Gasteiger partial charge in [-0.05, 0) is 29.3 Å². The van der Waals surface area contributed by atoms with E-state index in [1.165, 1.54) is 6.07 Å². The van der Waals surface area contributed by atoms with Crippen molar-refractivity contribution in [1.29, 1.82) is 0 Å². The first kappa shape index (κ1) is 14.4. The number of hydrogen-bond acceptors (Lipinski definition) is 3. The minimum atomic E-state index is -0.965. The van der Waals surface area contributed by atoms with Gasteiger partial charge in [0.1, 0.15) is 12.4 Å². The van der Waals surface area contributed by atoms with E-state index in [1.54, 1.807) is 12.1 Å². The number of ether oxygens (including phenoxy) is 1. The van der Waals surface area contributed by atoms with Crippen LogP contribution in [0.4, 0.5) is 0 Å². The molecule has 1 unspecified atom stereocenters. The fourth-order valence-corrected chi connectivity index (χ4v) is 2.35. The quantitative estimate of drug-likeness (QED) is 0.847. The van der Waals surface area contributed by atoms with Crippen molar-refractivity contribution in [3.05, 3.63) is 64.7 Å². The minimum absolute atomic E-state index is 0. The van der Waals surface area contributed by atoms with Gasteiger partial charge in [-0.15, -0.1) is 12.4 Å². The van der Waals surface area contributed by atoms with Crippen LogP contribution in [0.1, 0.15) is 33.1 Å². The summed E-state index contributed by atoms with van der Waals surface area (Å²) in [5.41, 5.74) is 9.19. The molecule has 3 rings (SSSR count). The van der Waals surface area contributed by atoms with E-state index in [1.807, 2.05) is 24.3 Å². The van der Waals surface area contributed by atoms with E-state index in [0.29, 0.717) is 17.9 Å². The second-order valence-electron chi connectivity index (χ2n) is 4.52. The zero-order valence-corrected chi connectivity index (χ0v) is 11.4. The molecule has 0 aliphatic carbocycles. The van der Waals surface area contributed by atoms with E-state index in [0.717, 1.165) is 11.1 Å². The van der Waals surface area contributed by atoms with Crippen LogP contribution in [0.5, 0.6) is 5.75 Å². The molecule has 1 aliphatic heterocycles. The van der Waals surface area contributed by atoms with Gasteiger partial charge < -0.3 is 15.6 Å². The van der Waals surface area contributed by atoms with Gasteiger partial charge in [0, 0.05) is 5.56 Å². The predicted octanol–water partition coefficient (Wildman–Crippen LogP) is 2.75. The smallest absolute Gasteiger partial charge is 0.335 e. The molecule has 104 valence electrons. The molecule has 1 heterocycles. The molecule has 0 saturated carbocycles. The molecule has 20 heavy (non-hydrogen) atoms. The fraction of sp³-hybridized carbons (Fsp3) is 0.133. The number of nitrogens with two attached hydrogens (primary N) is 1. The summed E-state index contributed by atoms with van der Waals surface area (Å²) in [7, 11) is 0. The van der Waals surface area contributed by atoms with Crippen LogP contribution in [0.15, 0.2) is 42.5 Å². The summed E-state index contributed by atoms with van der Waals surface area (Å²) in [6, 6.07) is 12.2. The zero-order valence-electron chi connectivity index (χ0n) is 10.6. The number of halogens is 1. The summed E-state index contributed by atoms with van der Waals surface area (Å²) < 4.78 is 5.71. The summed E-state index contributed by atoms with van der Waals surface area (Å²) in [6.07, 6.45) is 0. The Bertz CT molecular complexity index is 657. The van der Waals surface area contributed by atoms with Crippen molar-refractivity contribution >= 4 is 18.4 Å². The second-order valence-corrected chi connectivity index (χ2v) is 4.52. The Morgan fingerprint density at radius 2 is 1.95 bits per heavy atom. The fourth-order valence-electron chi connectivity index (χ4n) is 2.35. The van der Waals surface area contributed by atoms with Crippen molar-refractivity contribution in [2.24, 2.45) is 5.73 Å². The standard InChI is InChI=1S/C15H13NO3.ClH/c16-14-11-4-2-1-3-10(11)8-19-13-6-5-9(15(17)18)7-12(13)14;/h1-7,14H,8,16H2,(H,17,18);1H. The highest BCUT2D eigenvalue weighted by Crippen LogP contribution is 2.34. The highest BCUT2D eigenvalue weighted by Gasteiger charge is 2.22. The number of carbonyl (C=O) groups is 1. The lowest BCUT2D eigenvalue weighted by Gasteiger charge is -2.14. The normalized spacial score (nSPS) is 15.9. The summed E-state index contributed by atoms with van der Waals surface area (Å²) in [5, 5.41) is 9.06. The summed E-state index contributed by atoms with van der Waals surface area (Å²) in [4.78, 5) is 11.0. The van der Waals surface area contributed by atoms with Crippen LogP contribution in [0.25, 0.3) is 0 Å². The molecule has 1 atom stereocenters. The van der Waals surface area contributed by atoms with Crippen molar-refractivity contribution in [2.75, 3.05) is 0 Å². The molecule has 1 aliphatic rings. The molecule has 0 spiro atoms. The second kappa shape index (κ2) is 5.53. The maximum Gasteiger partial charge on any atom is 0.335 e. The van der Waals surface area contributed by atoms with Gasteiger partial charge in [-0.1, -0.05) is 24.3 Å². The lowest BCUT2D eigenvalue weighted by Crippen LogP contribution is -2.13. The molecule has 0 radical (unpaired) electrons. The van der Waals surface area contributed by atoms with E-state index < -0.39 is 5.97 Å². The molecule has 0 bridgehead atoms. The largest absolute Gasteiger partial charge is 0.489 e. The van der Waals surface area contributed by atoms with Crippen molar-refractivity contribution in [2.45, 2.75) is 12.6 Å². The number of fused-ring (bicyclic) bond motifs is 2. The maximum absolute atomic E-state index is 11.0. The number of hydrogen-bond donors (Lipinski definition) is 2. The van der Waals surface area contributed by atoms with Crippen molar-refractivity contribution in [3.8, 4) is 5.75 Å². The van der Waals surface area contributed by atoms with Crippen LogP contribution < -0.4 is 10.5 Å². The van der Waals surface area contributed by atoms with Crippen LogP contribution in [0.3, 0.4) is 0 Å². The van der Waals surface area contributed by atoms with Crippen LogP contribution in [-0.2, 0) is 6.61 Å². The highest BCUT2D eigenvalue weighted by atomic mass is 35.5. The third-order valence-electron chi connectivity index (χ3n) is 3.37. The summed E-state index contributed by atoms with van der Waals surface area (Å²) in [6.45, 7) is 0.448. The molecule has 0 amide bonds. The van der Waals surface area contributed by atoms with Gasteiger partial charge >= 0.3 is 5.97 Å². The van der Waals surface area contributed by atoms with E-state index in [9.17, 15) is 4.79 Å². The SMILES string of the molecule is Cl.NC1c2ccccc2COc2ccc(C(=O)O)cc21. The number of carboxylic acid groups (broad SMARTS) is 1. The molecular formula is C15H14ClNO3. The topological polar surface area (TPSA) is 72.5 Å². The Balaban J connectivity index is 0.00000147. The zero-order chi connectivity index (χ0) is 13.4. The lowest BCUT2D eigenvalue weighted by molar-refractivity contribution is 0.0696. The average Bonchev–Trinajstić information content (AvgIpc) is 2.57. The molecule has 0 saturated heterocycles. The van der Waals surface area contributed by atoms with E-state index in [4.69, 9.17) is 15.6 Å². The van der Waals surface area contributed by atoms with Gasteiger partial charge in [-0.2, -0.15) is 0 Å². The van der Waals surface area contributed by atoms with E-state index in [-0.39, 0.29) is 24.0 Å². The molecule has 2 aromatic rings. The van der Waals surface area contributed by atoms with Gasteiger partial charge in [0.05, 0.1) is 11.6 Å². The van der Waals surface area contributed by atoms with Gasteiger partial charge in [0.2, 0.25) is 0 Å². The Hall–Kier alpha value is -2.04. The van der Waals surface area contributed by atoms with Gasteiger partial charge in [0.15, 0.2) is 0 Å². The first-order valence-electron chi connectivity index (χ1n) is 6.00. The van der Waals surface area contributed by atoms with Crippen LogP contribution >= 0.6 is 12.4 Å². The van der Waals surface area contributed by atoms with Gasteiger partial charge in [-0.3, -0.25) is 0 Å². The number of carboxylic acids is 1. The van der Waals surface area contributed by atoms with E-state index >= 15 is 0 Å². The van der Waals surface area contributed by atoms with E-state index in [2.05, 4.69) is 0 Å².